The Kier molecular flexibility index (Phi) is 6.65. The van der Waals surface area contributed by atoms with E-state index in [1.54, 1.807) is 30.3 Å². The maximum atomic E-state index is 11.8. The highest BCUT2D eigenvalue weighted by Crippen LogP contribution is 2.35. The molecular weight excluding hydrogens is 461 g/mol. The lowest BCUT2D eigenvalue weighted by molar-refractivity contribution is -0.119. The monoisotopic (exact) mass is 473 g/mol. The number of nitrogens with zero attached hydrogens (tertiary/aromatic N) is 1. The van der Waals surface area contributed by atoms with Crippen LogP contribution in [0.4, 0.5) is 5.69 Å². The minimum absolute atomic E-state index is 0.0617. The second-order valence-corrected chi connectivity index (χ2v) is 6.97. The maximum absolute atomic E-state index is 11.8. The van der Waals surface area contributed by atoms with E-state index in [2.05, 4.69) is 47.7 Å². The highest BCUT2D eigenvalue weighted by atomic mass is 79.9. The van der Waals surface area contributed by atoms with Gasteiger partial charge in [0, 0.05) is 20.7 Å². The number of phenols is 1. The molecule has 0 aliphatic rings. The first-order valence-electron chi connectivity index (χ1n) is 6.87. The quantitative estimate of drug-likeness (QED) is 0.442. The number of halogens is 3. The van der Waals surface area contributed by atoms with E-state index in [4.69, 9.17) is 11.6 Å². The molecule has 0 aliphatic heterocycles. The van der Waals surface area contributed by atoms with Crippen LogP contribution in [-0.4, -0.2) is 23.8 Å². The van der Waals surface area contributed by atoms with Gasteiger partial charge in [-0.1, -0.05) is 27.5 Å². The van der Waals surface area contributed by atoms with Crippen molar-refractivity contribution in [2.45, 2.75) is 6.92 Å². The molecule has 0 atom stereocenters. The van der Waals surface area contributed by atoms with Gasteiger partial charge >= 0.3 is 0 Å². The van der Waals surface area contributed by atoms with Crippen molar-refractivity contribution < 1.29 is 9.90 Å². The van der Waals surface area contributed by atoms with Gasteiger partial charge in [0.05, 0.1) is 17.2 Å². The molecule has 3 N–H and O–H groups in total. The zero-order chi connectivity index (χ0) is 17.7. The largest absolute Gasteiger partial charge is 0.506 e. The molecule has 0 spiro atoms. The molecular formula is C16H14Br2ClN3O2. The number of rotatable bonds is 5. The summed E-state index contributed by atoms with van der Waals surface area (Å²) >= 11 is 12.5. The molecule has 0 saturated carbocycles. The fourth-order valence-electron chi connectivity index (χ4n) is 1.78. The summed E-state index contributed by atoms with van der Waals surface area (Å²) in [5.41, 5.74) is 4.53. The normalized spacial score (nSPS) is 10.8. The van der Waals surface area contributed by atoms with Crippen molar-refractivity contribution in [2.75, 3.05) is 11.9 Å². The maximum Gasteiger partial charge on any atom is 0.259 e. The summed E-state index contributed by atoms with van der Waals surface area (Å²) < 4.78 is 1.40. The fourth-order valence-corrected chi connectivity index (χ4v) is 3.06. The molecule has 0 aliphatic carbocycles. The van der Waals surface area contributed by atoms with Crippen LogP contribution < -0.4 is 10.7 Å². The number of nitrogens with one attached hydrogen (secondary N) is 2. The molecule has 2 aromatic rings. The number of hydrogen-bond acceptors (Lipinski definition) is 4. The second-order valence-electron chi connectivity index (χ2n) is 4.89. The van der Waals surface area contributed by atoms with E-state index in [0.717, 1.165) is 15.7 Å². The van der Waals surface area contributed by atoms with Gasteiger partial charge in [-0.15, -0.1) is 0 Å². The predicted octanol–water partition coefficient (Wildman–Crippen LogP) is 4.44. The van der Waals surface area contributed by atoms with Crippen LogP contribution in [0.25, 0.3) is 0 Å². The molecule has 2 aromatic carbocycles. The molecule has 2 rings (SSSR count). The second kappa shape index (κ2) is 8.50. The van der Waals surface area contributed by atoms with E-state index in [9.17, 15) is 9.90 Å². The van der Waals surface area contributed by atoms with Crippen molar-refractivity contribution in [3.8, 4) is 5.75 Å². The van der Waals surface area contributed by atoms with Gasteiger partial charge in [0.2, 0.25) is 0 Å². The highest BCUT2D eigenvalue weighted by Gasteiger charge is 2.10. The van der Waals surface area contributed by atoms with Crippen LogP contribution in [0, 0.1) is 6.92 Å². The van der Waals surface area contributed by atoms with E-state index >= 15 is 0 Å². The first-order valence-corrected chi connectivity index (χ1v) is 8.83. The predicted molar refractivity (Wildman–Crippen MR) is 104 cm³/mol. The summed E-state index contributed by atoms with van der Waals surface area (Å²) in [6, 6.07) is 8.74. The number of carbonyl (C=O) groups excluding carboxylic acids is 1. The first-order chi connectivity index (χ1) is 11.4. The van der Waals surface area contributed by atoms with Crippen LogP contribution in [0.5, 0.6) is 5.75 Å². The summed E-state index contributed by atoms with van der Waals surface area (Å²) in [6.45, 7) is 1.92. The molecule has 126 valence electrons. The summed E-state index contributed by atoms with van der Waals surface area (Å²) in [5.74, 6) is -0.251. The molecule has 0 unspecified atom stereocenters. The van der Waals surface area contributed by atoms with Crippen LogP contribution in [0.1, 0.15) is 11.1 Å². The lowest BCUT2D eigenvalue weighted by Crippen LogP contribution is -2.25. The highest BCUT2D eigenvalue weighted by molar-refractivity contribution is 9.11. The number of aromatic hydroxyl groups is 1. The number of benzene rings is 2. The van der Waals surface area contributed by atoms with Gasteiger partial charge in [0.25, 0.3) is 5.91 Å². The van der Waals surface area contributed by atoms with Gasteiger partial charge in [0.1, 0.15) is 5.75 Å². The Labute approximate surface area is 161 Å². The van der Waals surface area contributed by atoms with Crippen LogP contribution in [0.3, 0.4) is 0 Å². The Morgan fingerprint density at radius 1 is 1.33 bits per heavy atom. The third-order valence-corrected chi connectivity index (χ3v) is 5.19. The molecule has 24 heavy (non-hydrogen) atoms. The van der Waals surface area contributed by atoms with Gasteiger partial charge in [0.15, 0.2) is 0 Å². The zero-order valence-electron chi connectivity index (χ0n) is 12.6. The third-order valence-electron chi connectivity index (χ3n) is 3.14. The summed E-state index contributed by atoms with van der Waals surface area (Å²) in [4.78, 5) is 11.8. The molecule has 8 heteroatoms. The summed E-state index contributed by atoms with van der Waals surface area (Å²) in [6.07, 6.45) is 1.38. The Morgan fingerprint density at radius 2 is 2.00 bits per heavy atom. The van der Waals surface area contributed by atoms with Crippen molar-refractivity contribution in [3.63, 3.8) is 0 Å². The molecule has 0 bridgehead atoms. The van der Waals surface area contributed by atoms with E-state index in [1.807, 2.05) is 6.92 Å². The Hall–Kier alpha value is -1.57. The Bertz CT molecular complexity index is 780. The summed E-state index contributed by atoms with van der Waals surface area (Å²) in [7, 11) is 0. The van der Waals surface area contributed by atoms with Crippen LogP contribution in [-0.2, 0) is 4.79 Å². The minimum Gasteiger partial charge on any atom is -0.506 e. The van der Waals surface area contributed by atoms with E-state index in [0.29, 0.717) is 15.1 Å². The van der Waals surface area contributed by atoms with Gasteiger partial charge in [-0.05, 0) is 58.7 Å². The average molecular weight is 476 g/mol. The van der Waals surface area contributed by atoms with E-state index < -0.39 is 0 Å². The van der Waals surface area contributed by atoms with Crippen LogP contribution >= 0.6 is 43.5 Å². The van der Waals surface area contributed by atoms with Gasteiger partial charge < -0.3 is 10.4 Å². The van der Waals surface area contributed by atoms with Crippen molar-refractivity contribution >= 4 is 61.3 Å². The number of anilines is 1. The molecule has 1 amide bonds. The molecule has 0 aromatic heterocycles. The fraction of sp³-hybridized carbons (Fsp3) is 0.125. The third kappa shape index (κ3) is 4.96. The van der Waals surface area contributed by atoms with E-state index in [-0.39, 0.29) is 18.2 Å². The smallest absolute Gasteiger partial charge is 0.259 e. The number of hydrogen-bond donors (Lipinski definition) is 3. The van der Waals surface area contributed by atoms with Crippen LogP contribution in [0.15, 0.2) is 44.4 Å². The molecule has 0 heterocycles. The minimum atomic E-state index is -0.314. The van der Waals surface area contributed by atoms with Crippen molar-refractivity contribution in [3.05, 3.63) is 55.4 Å². The van der Waals surface area contributed by atoms with Crippen molar-refractivity contribution in [2.24, 2.45) is 5.10 Å². The standard InChI is InChI=1S/C16H14Br2ClN3O2/c1-9-13(17)6-10(16(24)15(9)18)7-21-22-14(23)8-20-12-4-2-11(19)3-5-12/h2-7,20,24H,8H2,1H3,(H,22,23)/b21-7-. The topological polar surface area (TPSA) is 73.7 Å². The number of carbonyl (C=O) groups is 1. The molecule has 0 fully saturated rings. The Morgan fingerprint density at radius 3 is 2.67 bits per heavy atom. The van der Waals surface area contributed by atoms with Gasteiger partial charge in [-0.2, -0.15) is 5.10 Å². The number of amides is 1. The lowest BCUT2D eigenvalue weighted by atomic mass is 10.1. The first kappa shape index (κ1) is 18.8. The molecule has 0 radical (unpaired) electrons. The van der Waals surface area contributed by atoms with E-state index in [1.165, 1.54) is 6.21 Å². The molecule has 5 nitrogen and oxygen atoms in total. The SMILES string of the molecule is Cc1c(Br)cc(/C=N\NC(=O)CNc2ccc(Cl)cc2)c(O)c1Br. The van der Waals surface area contributed by atoms with Crippen molar-refractivity contribution in [1.29, 1.82) is 0 Å². The van der Waals surface area contributed by atoms with Crippen LogP contribution in [0.2, 0.25) is 5.02 Å². The molecule has 0 saturated heterocycles. The summed E-state index contributed by atoms with van der Waals surface area (Å²) in [5, 5.41) is 17.5. The van der Waals surface area contributed by atoms with Gasteiger partial charge in [-0.25, -0.2) is 5.43 Å². The van der Waals surface area contributed by atoms with Crippen molar-refractivity contribution in [1.82, 2.24) is 5.43 Å². The van der Waals surface area contributed by atoms with Gasteiger partial charge in [-0.3, -0.25) is 4.79 Å². The lowest BCUT2D eigenvalue weighted by Gasteiger charge is -2.08. The Balaban J connectivity index is 1.92. The average Bonchev–Trinajstić information content (AvgIpc) is 2.57. The number of hydrazone groups is 1. The zero-order valence-corrected chi connectivity index (χ0v) is 16.5. The number of phenolic OH excluding ortho intramolecular Hbond substituents is 1.